The highest BCUT2D eigenvalue weighted by molar-refractivity contribution is 6.74. The van der Waals surface area contributed by atoms with Crippen molar-refractivity contribution in [3.8, 4) is 0 Å². The Labute approximate surface area is 105 Å². The maximum atomic E-state index is 10.8. The van der Waals surface area contributed by atoms with Crippen LogP contribution in [0.2, 0.25) is 18.1 Å². The van der Waals surface area contributed by atoms with Crippen LogP contribution in [-0.4, -0.2) is 39.4 Å². The van der Waals surface area contributed by atoms with Crippen LogP contribution in [0.4, 0.5) is 0 Å². The number of hydrogen-bond acceptors (Lipinski definition) is 4. The van der Waals surface area contributed by atoms with Crippen LogP contribution in [0.5, 0.6) is 0 Å². The van der Waals surface area contributed by atoms with E-state index in [1.165, 1.54) is 11.9 Å². The van der Waals surface area contributed by atoms with E-state index in [9.17, 15) is 4.79 Å². The minimum Gasteiger partial charge on any atom is -0.415 e. The van der Waals surface area contributed by atoms with Crippen molar-refractivity contribution in [1.29, 1.82) is 0 Å². The highest BCUT2D eigenvalue weighted by atomic mass is 28.4. The third-order valence-electron chi connectivity index (χ3n) is 3.11. The smallest absolute Gasteiger partial charge is 0.240 e. The van der Waals surface area contributed by atoms with Crippen LogP contribution >= 0.6 is 0 Å². The molecular weight excluding hydrogens is 234 g/mol. The summed E-state index contributed by atoms with van der Waals surface area (Å²) in [6.07, 6.45) is 0. The predicted octanol–water partition coefficient (Wildman–Crippen LogP) is 2.85. The molecule has 0 aliphatic heterocycles. The van der Waals surface area contributed by atoms with Gasteiger partial charge in [-0.3, -0.25) is 4.79 Å². The molecule has 5 nitrogen and oxygen atoms in total. The standard InChI is InChI=1S/C11H25N3O2Si/c1-10(15)14(5)13-12-8-9-16-17(6,7)11(2,3)4/h8-9H2,1-7H3. The Morgan fingerprint density at radius 1 is 1.35 bits per heavy atom. The largest absolute Gasteiger partial charge is 0.415 e. The SMILES string of the molecule is CC(=O)N(C)N=NCCO[Si](C)(C)C(C)(C)C. The van der Waals surface area contributed by atoms with E-state index in [0.717, 1.165) is 0 Å². The van der Waals surface area contributed by atoms with Crippen LogP contribution in [0.25, 0.3) is 0 Å². The lowest BCUT2D eigenvalue weighted by Gasteiger charge is -2.35. The molecule has 0 saturated carbocycles. The van der Waals surface area contributed by atoms with Crippen LogP contribution in [0.1, 0.15) is 27.7 Å². The summed E-state index contributed by atoms with van der Waals surface area (Å²) in [5.41, 5.74) is 0. The van der Waals surface area contributed by atoms with Crippen LogP contribution in [0.3, 0.4) is 0 Å². The first-order chi connectivity index (χ1) is 7.58. The molecule has 0 unspecified atom stereocenters. The molecule has 0 aromatic carbocycles. The third kappa shape index (κ3) is 5.93. The summed E-state index contributed by atoms with van der Waals surface area (Å²) in [5.74, 6) is -0.126. The number of hydrogen-bond donors (Lipinski definition) is 0. The molecule has 0 aromatic rings. The Morgan fingerprint density at radius 3 is 2.29 bits per heavy atom. The van der Waals surface area contributed by atoms with Gasteiger partial charge < -0.3 is 4.43 Å². The maximum absolute atomic E-state index is 10.8. The molecule has 0 spiro atoms. The number of rotatable bonds is 5. The van der Waals surface area contributed by atoms with Gasteiger partial charge in [0, 0.05) is 14.0 Å². The van der Waals surface area contributed by atoms with E-state index in [1.54, 1.807) is 7.05 Å². The van der Waals surface area contributed by atoms with Gasteiger partial charge in [-0.1, -0.05) is 26.0 Å². The summed E-state index contributed by atoms with van der Waals surface area (Å²) >= 11 is 0. The van der Waals surface area contributed by atoms with Gasteiger partial charge in [-0.2, -0.15) is 5.11 Å². The summed E-state index contributed by atoms with van der Waals surface area (Å²) in [4.78, 5) is 10.8. The fourth-order valence-corrected chi connectivity index (χ4v) is 1.80. The molecule has 0 bridgehead atoms. The zero-order chi connectivity index (χ0) is 13.7. The summed E-state index contributed by atoms with van der Waals surface area (Å²) in [7, 11) is -0.102. The molecule has 0 fully saturated rings. The van der Waals surface area contributed by atoms with Crippen molar-refractivity contribution in [3.63, 3.8) is 0 Å². The van der Waals surface area contributed by atoms with Crippen LogP contribution in [-0.2, 0) is 9.22 Å². The number of carbonyl (C=O) groups is 1. The van der Waals surface area contributed by atoms with E-state index in [1.807, 2.05) is 0 Å². The van der Waals surface area contributed by atoms with Crippen molar-refractivity contribution in [3.05, 3.63) is 0 Å². The highest BCUT2D eigenvalue weighted by Crippen LogP contribution is 2.36. The second-order valence-corrected chi connectivity index (χ2v) is 10.4. The second-order valence-electron chi connectivity index (χ2n) is 5.61. The van der Waals surface area contributed by atoms with Gasteiger partial charge in [0.2, 0.25) is 5.91 Å². The molecule has 0 radical (unpaired) electrons. The summed E-state index contributed by atoms with van der Waals surface area (Å²) in [6.45, 7) is 13.5. The van der Waals surface area contributed by atoms with Crippen molar-refractivity contribution in [2.75, 3.05) is 20.2 Å². The Balaban J connectivity index is 3.98. The lowest BCUT2D eigenvalue weighted by molar-refractivity contribution is -0.128. The van der Waals surface area contributed by atoms with Gasteiger partial charge in [0.1, 0.15) is 0 Å². The summed E-state index contributed by atoms with van der Waals surface area (Å²) < 4.78 is 5.92. The van der Waals surface area contributed by atoms with Crippen molar-refractivity contribution in [2.24, 2.45) is 10.3 Å². The van der Waals surface area contributed by atoms with Crippen LogP contribution in [0, 0.1) is 0 Å². The Kier molecular flexibility index (Phi) is 5.98. The maximum Gasteiger partial charge on any atom is 0.240 e. The predicted molar refractivity (Wildman–Crippen MR) is 71.3 cm³/mol. The Bertz CT molecular complexity index is 285. The van der Waals surface area contributed by atoms with Crippen molar-refractivity contribution in [2.45, 2.75) is 45.8 Å². The molecule has 0 saturated heterocycles. The summed E-state index contributed by atoms with van der Waals surface area (Å²) in [6, 6.07) is 0. The molecule has 17 heavy (non-hydrogen) atoms. The van der Waals surface area contributed by atoms with Crippen molar-refractivity contribution < 1.29 is 9.22 Å². The van der Waals surface area contributed by atoms with Gasteiger partial charge in [-0.05, 0) is 18.1 Å². The quantitative estimate of drug-likeness (QED) is 0.330. The van der Waals surface area contributed by atoms with Crippen LogP contribution in [0.15, 0.2) is 10.3 Å². The fourth-order valence-electron chi connectivity index (χ4n) is 0.761. The van der Waals surface area contributed by atoms with Gasteiger partial charge in [-0.15, -0.1) is 0 Å². The van der Waals surface area contributed by atoms with Gasteiger partial charge in [0.25, 0.3) is 0 Å². The second kappa shape index (κ2) is 6.25. The number of carbonyl (C=O) groups excluding carboxylic acids is 1. The molecule has 0 heterocycles. The third-order valence-corrected chi connectivity index (χ3v) is 7.65. The molecule has 0 atom stereocenters. The average Bonchev–Trinajstić information content (AvgIpc) is 2.14. The molecule has 100 valence electrons. The molecular formula is C11H25N3O2Si. The number of amides is 1. The van der Waals surface area contributed by atoms with Crippen molar-refractivity contribution >= 4 is 14.2 Å². The molecule has 0 aliphatic carbocycles. The molecule has 0 N–H and O–H groups in total. The van der Waals surface area contributed by atoms with E-state index in [4.69, 9.17) is 4.43 Å². The molecule has 6 heteroatoms. The lowest BCUT2D eigenvalue weighted by atomic mass is 10.2. The van der Waals surface area contributed by atoms with Crippen LogP contribution < -0.4 is 0 Å². The monoisotopic (exact) mass is 259 g/mol. The van der Waals surface area contributed by atoms with Gasteiger partial charge in [0.05, 0.1) is 13.2 Å². The van der Waals surface area contributed by atoms with E-state index in [0.29, 0.717) is 13.2 Å². The van der Waals surface area contributed by atoms with Gasteiger partial charge in [0.15, 0.2) is 8.32 Å². The first-order valence-corrected chi connectivity index (χ1v) is 8.74. The average molecular weight is 259 g/mol. The lowest BCUT2D eigenvalue weighted by Crippen LogP contribution is -2.41. The first-order valence-electron chi connectivity index (χ1n) is 5.83. The minimum atomic E-state index is -1.69. The highest BCUT2D eigenvalue weighted by Gasteiger charge is 2.36. The zero-order valence-electron chi connectivity index (χ0n) is 12.1. The van der Waals surface area contributed by atoms with Gasteiger partial charge >= 0.3 is 0 Å². The molecule has 0 aromatic heterocycles. The summed E-state index contributed by atoms with van der Waals surface area (Å²) in [5, 5.41) is 9.08. The normalized spacial score (nSPS) is 13.1. The topological polar surface area (TPSA) is 54.3 Å². The molecule has 0 aliphatic rings. The van der Waals surface area contributed by atoms with E-state index >= 15 is 0 Å². The van der Waals surface area contributed by atoms with Crippen molar-refractivity contribution in [1.82, 2.24) is 5.01 Å². The molecule has 1 amide bonds. The van der Waals surface area contributed by atoms with Gasteiger partial charge in [-0.25, -0.2) is 5.01 Å². The van der Waals surface area contributed by atoms with E-state index < -0.39 is 8.32 Å². The molecule has 0 rings (SSSR count). The zero-order valence-corrected chi connectivity index (χ0v) is 13.1. The minimum absolute atomic E-state index is 0.126. The fraction of sp³-hybridized carbons (Fsp3) is 0.909. The Morgan fingerprint density at radius 2 is 1.88 bits per heavy atom. The van der Waals surface area contributed by atoms with E-state index in [2.05, 4.69) is 44.2 Å². The Hall–Kier alpha value is -0.753. The number of nitrogens with zero attached hydrogens (tertiary/aromatic N) is 3. The van der Waals surface area contributed by atoms with E-state index in [-0.39, 0.29) is 10.9 Å². The first kappa shape index (κ1) is 16.2.